The van der Waals surface area contributed by atoms with Gasteiger partial charge in [-0.05, 0) is 49.2 Å². The predicted molar refractivity (Wildman–Crippen MR) is 117 cm³/mol. The van der Waals surface area contributed by atoms with Gasteiger partial charge in [-0.2, -0.15) is 0 Å². The van der Waals surface area contributed by atoms with Crippen LogP contribution in [0.4, 0.5) is 5.69 Å². The number of anilines is 1. The summed E-state index contributed by atoms with van der Waals surface area (Å²) in [7, 11) is -3.81. The quantitative estimate of drug-likeness (QED) is 0.588. The number of sulfonamides is 1. The Hall–Kier alpha value is -2.17. The van der Waals surface area contributed by atoms with E-state index in [2.05, 4.69) is 20.7 Å². The average molecular weight is 496 g/mol. The van der Waals surface area contributed by atoms with E-state index in [0.717, 1.165) is 41.7 Å². The van der Waals surface area contributed by atoms with Gasteiger partial charge in [-0.3, -0.25) is 18.9 Å². The van der Waals surface area contributed by atoms with E-state index in [1.807, 2.05) is 0 Å². The van der Waals surface area contributed by atoms with E-state index in [0.29, 0.717) is 15.9 Å². The van der Waals surface area contributed by atoms with Crippen LogP contribution in [0, 0.1) is 0 Å². The molecule has 2 aromatic carbocycles. The number of benzene rings is 2. The van der Waals surface area contributed by atoms with E-state index in [-0.39, 0.29) is 22.2 Å². The van der Waals surface area contributed by atoms with Gasteiger partial charge in [0.1, 0.15) is 6.54 Å². The first kappa shape index (κ1) is 20.1. The van der Waals surface area contributed by atoms with Crippen molar-refractivity contribution in [2.45, 2.75) is 24.3 Å². The van der Waals surface area contributed by atoms with E-state index >= 15 is 0 Å². The number of hydrogen-bond acceptors (Lipinski definition) is 5. The van der Waals surface area contributed by atoms with Crippen molar-refractivity contribution >= 4 is 59.1 Å². The molecule has 1 fully saturated rings. The van der Waals surface area contributed by atoms with Crippen LogP contribution in [0.15, 0.2) is 56.6 Å². The number of likely N-dealkylation sites (tertiary alicyclic amines) is 1. The molecule has 0 saturated carbocycles. The molecule has 0 spiro atoms. The lowest BCUT2D eigenvalue weighted by Gasteiger charge is -2.15. The second kappa shape index (κ2) is 7.92. The van der Waals surface area contributed by atoms with Crippen molar-refractivity contribution in [2.24, 2.45) is 0 Å². The number of fused-ring (bicyclic) bond motifs is 1. The minimum absolute atomic E-state index is 0.0266. The lowest BCUT2D eigenvalue weighted by molar-refractivity contribution is -0.130. The van der Waals surface area contributed by atoms with Gasteiger partial charge in [0, 0.05) is 23.2 Å². The van der Waals surface area contributed by atoms with E-state index in [1.165, 1.54) is 16.7 Å². The third-order valence-corrected chi connectivity index (χ3v) is 7.59. The molecule has 152 valence electrons. The fraction of sp³-hybridized carbons (Fsp3) is 0.263. The highest BCUT2D eigenvalue weighted by Gasteiger charge is 2.21. The molecule has 0 aliphatic carbocycles. The molecule has 0 unspecified atom stereocenters. The minimum Gasteiger partial charge on any atom is -0.341 e. The monoisotopic (exact) mass is 495 g/mol. The Balaban J connectivity index is 1.63. The molecular weight excluding hydrogens is 478 g/mol. The van der Waals surface area contributed by atoms with Crippen LogP contribution >= 0.6 is 27.3 Å². The van der Waals surface area contributed by atoms with Crippen molar-refractivity contribution in [3.05, 3.63) is 56.6 Å². The van der Waals surface area contributed by atoms with Crippen LogP contribution in [-0.2, 0) is 21.4 Å². The zero-order valence-corrected chi connectivity index (χ0v) is 18.5. The summed E-state index contributed by atoms with van der Waals surface area (Å²) in [6, 6.07) is 11.3. The molecule has 10 heteroatoms. The number of thiazole rings is 1. The largest absolute Gasteiger partial charge is 0.341 e. The SMILES string of the molecule is O=C(Cn1c(=O)sc2cc(S(=O)(=O)Nc3cccc(Br)c3)ccc21)N1CCCC1. The van der Waals surface area contributed by atoms with E-state index in [4.69, 9.17) is 0 Å². The summed E-state index contributed by atoms with van der Waals surface area (Å²) in [4.78, 5) is 26.4. The predicted octanol–water partition coefficient (Wildman–Crippen LogP) is 3.25. The van der Waals surface area contributed by atoms with Gasteiger partial charge in [-0.1, -0.05) is 33.3 Å². The van der Waals surface area contributed by atoms with Crippen LogP contribution in [0.3, 0.4) is 0 Å². The lowest BCUT2D eigenvalue weighted by Crippen LogP contribution is -2.33. The van der Waals surface area contributed by atoms with E-state index in [9.17, 15) is 18.0 Å². The van der Waals surface area contributed by atoms with Crippen molar-refractivity contribution in [1.82, 2.24) is 9.47 Å². The van der Waals surface area contributed by atoms with Gasteiger partial charge in [0.2, 0.25) is 5.91 Å². The Morgan fingerprint density at radius 2 is 1.90 bits per heavy atom. The van der Waals surface area contributed by atoms with Crippen LogP contribution in [0.1, 0.15) is 12.8 Å². The Kier molecular flexibility index (Phi) is 5.50. The summed E-state index contributed by atoms with van der Waals surface area (Å²) < 4.78 is 30.7. The molecule has 2 heterocycles. The van der Waals surface area contributed by atoms with Crippen molar-refractivity contribution in [1.29, 1.82) is 0 Å². The van der Waals surface area contributed by atoms with Crippen molar-refractivity contribution < 1.29 is 13.2 Å². The molecule has 1 amide bonds. The number of carbonyl (C=O) groups is 1. The molecule has 1 aliphatic rings. The Morgan fingerprint density at radius 3 is 2.62 bits per heavy atom. The van der Waals surface area contributed by atoms with Crippen molar-refractivity contribution in [2.75, 3.05) is 17.8 Å². The van der Waals surface area contributed by atoms with Gasteiger partial charge in [-0.25, -0.2) is 8.42 Å². The molecule has 1 aliphatic heterocycles. The highest BCUT2D eigenvalue weighted by Crippen LogP contribution is 2.25. The number of halogens is 1. The van der Waals surface area contributed by atoms with Crippen molar-refractivity contribution in [3.8, 4) is 0 Å². The third kappa shape index (κ3) is 4.24. The van der Waals surface area contributed by atoms with Gasteiger partial charge in [0.15, 0.2) is 0 Å². The van der Waals surface area contributed by atoms with Gasteiger partial charge in [0.25, 0.3) is 10.0 Å². The summed E-state index contributed by atoms with van der Waals surface area (Å²) in [6.45, 7) is 1.42. The molecule has 3 aromatic rings. The zero-order valence-electron chi connectivity index (χ0n) is 15.3. The minimum atomic E-state index is -3.81. The molecule has 7 nitrogen and oxygen atoms in total. The highest BCUT2D eigenvalue weighted by molar-refractivity contribution is 9.10. The first-order valence-electron chi connectivity index (χ1n) is 9.03. The summed E-state index contributed by atoms with van der Waals surface area (Å²) in [5, 5.41) is 0. The normalized spacial score (nSPS) is 14.4. The maximum Gasteiger partial charge on any atom is 0.308 e. The van der Waals surface area contributed by atoms with Crippen molar-refractivity contribution in [3.63, 3.8) is 0 Å². The Morgan fingerprint density at radius 1 is 1.14 bits per heavy atom. The van der Waals surface area contributed by atoms with Crippen LogP contribution in [-0.4, -0.2) is 36.9 Å². The average Bonchev–Trinajstić information content (AvgIpc) is 3.30. The van der Waals surface area contributed by atoms with Gasteiger partial charge >= 0.3 is 4.87 Å². The molecular formula is C19H18BrN3O4S2. The zero-order chi connectivity index (χ0) is 20.6. The van der Waals surface area contributed by atoms with Crippen LogP contribution in [0.25, 0.3) is 10.2 Å². The summed E-state index contributed by atoms with van der Waals surface area (Å²) >= 11 is 4.25. The van der Waals surface area contributed by atoms with Gasteiger partial charge in [-0.15, -0.1) is 0 Å². The molecule has 0 radical (unpaired) electrons. The van der Waals surface area contributed by atoms with Crippen LogP contribution in [0.5, 0.6) is 0 Å². The summed E-state index contributed by atoms with van der Waals surface area (Å²) in [6.07, 6.45) is 1.97. The fourth-order valence-corrected chi connectivity index (χ4v) is 5.81. The standard InChI is InChI=1S/C19H18BrN3O4S2/c20-13-4-3-5-14(10-13)21-29(26,27)15-6-7-16-17(11-15)28-19(25)23(16)12-18(24)22-8-1-2-9-22/h3-7,10-11,21H,1-2,8-9,12H2. The van der Waals surface area contributed by atoms with Gasteiger partial charge < -0.3 is 4.90 Å². The van der Waals surface area contributed by atoms with E-state index in [1.54, 1.807) is 35.2 Å². The molecule has 1 N–H and O–H groups in total. The Labute approximate surface area is 180 Å². The molecule has 29 heavy (non-hydrogen) atoms. The first-order chi connectivity index (χ1) is 13.8. The lowest BCUT2D eigenvalue weighted by atomic mass is 10.3. The smallest absolute Gasteiger partial charge is 0.308 e. The maximum absolute atomic E-state index is 12.7. The van der Waals surface area contributed by atoms with E-state index < -0.39 is 10.0 Å². The number of nitrogens with one attached hydrogen (secondary N) is 1. The molecule has 0 bridgehead atoms. The number of nitrogens with zero attached hydrogens (tertiary/aromatic N) is 2. The fourth-order valence-electron chi connectivity index (χ4n) is 3.33. The molecule has 1 saturated heterocycles. The number of aromatic nitrogens is 1. The van der Waals surface area contributed by atoms with Crippen LogP contribution < -0.4 is 9.60 Å². The topological polar surface area (TPSA) is 88.5 Å². The Bertz CT molecular complexity index is 1240. The summed E-state index contributed by atoms with van der Waals surface area (Å²) in [5.74, 6) is -0.0858. The second-order valence-electron chi connectivity index (χ2n) is 6.79. The number of rotatable bonds is 5. The van der Waals surface area contributed by atoms with Gasteiger partial charge in [0.05, 0.1) is 15.1 Å². The third-order valence-electron chi connectivity index (χ3n) is 4.78. The maximum atomic E-state index is 12.7. The molecule has 4 rings (SSSR count). The first-order valence-corrected chi connectivity index (χ1v) is 12.1. The second-order valence-corrected chi connectivity index (χ2v) is 10.4. The molecule has 1 aromatic heterocycles. The summed E-state index contributed by atoms with van der Waals surface area (Å²) in [5.41, 5.74) is 0.996. The number of amides is 1. The molecule has 0 atom stereocenters. The number of hydrogen-bond donors (Lipinski definition) is 1. The number of carbonyl (C=O) groups excluding carboxylic acids is 1. The van der Waals surface area contributed by atoms with Crippen LogP contribution in [0.2, 0.25) is 0 Å². The highest BCUT2D eigenvalue weighted by atomic mass is 79.9.